The van der Waals surface area contributed by atoms with Gasteiger partial charge in [-0.1, -0.05) is 0 Å². The number of hydrogen-bond donors (Lipinski definition) is 1. The molecule has 1 N–H and O–H groups in total. The molecule has 1 aromatic carbocycles. The summed E-state index contributed by atoms with van der Waals surface area (Å²) in [6.07, 6.45) is 0.303. The third-order valence-corrected chi connectivity index (χ3v) is 5.23. The molecule has 1 aliphatic rings. The Labute approximate surface area is 121 Å². The average molecular weight is 314 g/mol. The lowest BCUT2D eigenvalue weighted by atomic mass is 10.1. The van der Waals surface area contributed by atoms with Gasteiger partial charge in [-0.05, 0) is 18.6 Å². The highest BCUT2D eigenvalue weighted by Crippen LogP contribution is 2.26. The van der Waals surface area contributed by atoms with Crippen LogP contribution in [0.1, 0.15) is 16.8 Å². The van der Waals surface area contributed by atoms with Gasteiger partial charge in [0.25, 0.3) is 11.6 Å². The third-order valence-electron chi connectivity index (χ3n) is 3.48. The summed E-state index contributed by atoms with van der Waals surface area (Å²) in [4.78, 5) is 23.7. The van der Waals surface area contributed by atoms with Gasteiger partial charge in [-0.15, -0.1) is 0 Å². The molecule has 0 aromatic heterocycles. The van der Waals surface area contributed by atoms with Crippen molar-refractivity contribution >= 4 is 21.4 Å². The molecule has 1 aromatic rings. The zero-order valence-electron chi connectivity index (χ0n) is 11.2. The van der Waals surface area contributed by atoms with Gasteiger partial charge in [-0.3, -0.25) is 14.9 Å². The lowest BCUT2D eigenvalue weighted by Crippen LogP contribution is -2.38. The first-order valence-electron chi connectivity index (χ1n) is 6.16. The van der Waals surface area contributed by atoms with Crippen LogP contribution in [0, 0.1) is 10.1 Å². The first kappa shape index (κ1) is 15.2. The molecule has 0 saturated carbocycles. The number of hydrogen-bond acceptors (Lipinski definition) is 6. The van der Waals surface area contributed by atoms with E-state index < -0.39 is 32.4 Å². The quantitative estimate of drug-likeness (QED) is 0.643. The monoisotopic (exact) mass is 314 g/mol. The van der Waals surface area contributed by atoms with Crippen LogP contribution in [-0.4, -0.2) is 53.8 Å². The van der Waals surface area contributed by atoms with E-state index in [1.165, 1.54) is 11.9 Å². The highest BCUT2D eigenvalue weighted by Gasteiger charge is 2.34. The van der Waals surface area contributed by atoms with Crippen molar-refractivity contribution in [1.82, 2.24) is 4.90 Å². The number of nitro groups is 1. The summed E-state index contributed by atoms with van der Waals surface area (Å²) in [6, 6.07) is 2.67. The number of nitro benzene ring substituents is 1. The minimum atomic E-state index is -3.17. The molecule has 9 heteroatoms. The van der Waals surface area contributed by atoms with E-state index in [-0.39, 0.29) is 22.8 Å². The molecular weight excluding hydrogens is 300 g/mol. The lowest BCUT2D eigenvalue weighted by Gasteiger charge is -2.23. The van der Waals surface area contributed by atoms with E-state index in [4.69, 9.17) is 0 Å². The minimum absolute atomic E-state index is 0.00256. The maximum Gasteiger partial charge on any atom is 0.282 e. The number of carbonyl (C=O) groups excluding carboxylic acids is 1. The number of phenolic OH excluding ortho intramolecular Hbond substituents is 1. The molecule has 1 saturated heterocycles. The van der Waals surface area contributed by atoms with E-state index >= 15 is 0 Å². The van der Waals surface area contributed by atoms with Crippen molar-refractivity contribution in [3.63, 3.8) is 0 Å². The van der Waals surface area contributed by atoms with E-state index in [9.17, 15) is 28.4 Å². The number of carbonyl (C=O) groups is 1. The predicted molar refractivity (Wildman–Crippen MR) is 73.9 cm³/mol. The molecule has 0 spiro atoms. The summed E-state index contributed by atoms with van der Waals surface area (Å²) in [5, 5.41) is 20.4. The van der Waals surface area contributed by atoms with Crippen LogP contribution in [0.15, 0.2) is 18.2 Å². The molecular formula is C12H14N2O6S. The minimum Gasteiger partial charge on any atom is -0.508 e. The fraction of sp³-hybridized carbons (Fsp3) is 0.417. The van der Waals surface area contributed by atoms with Gasteiger partial charge < -0.3 is 10.0 Å². The summed E-state index contributed by atoms with van der Waals surface area (Å²) in [6.45, 7) is 0. The Balaban J connectivity index is 2.32. The van der Waals surface area contributed by atoms with E-state index in [1.807, 2.05) is 0 Å². The maximum atomic E-state index is 12.3. The molecule has 1 aliphatic heterocycles. The molecule has 21 heavy (non-hydrogen) atoms. The number of rotatable bonds is 3. The third kappa shape index (κ3) is 3.13. The molecule has 114 valence electrons. The molecule has 2 rings (SSSR count). The first-order chi connectivity index (χ1) is 9.71. The molecule has 0 bridgehead atoms. The summed E-state index contributed by atoms with van der Waals surface area (Å²) in [7, 11) is -1.76. The lowest BCUT2D eigenvalue weighted by molar-refractivity contribution is -0.385. The van der Waals surface area contributed by atoms with Gasteiger partial charge in [0.05, 0.1) is 16.4 Å². The van der Waals surface area contributed by atoms with Crippen molar-refractivity contribution in [2.75, 3.05) is 18.6 Å². The Hall–Kier alpha value is -2.16. The van der Waals surface area contributed by atoms with Crippen LogP contribution in [0.5, 0.6) is 5.75 Å². The Bertz CT molecular complexity index is 700. The summed E-state index contributed by atoms with van der Waals surface area (Å²) in [5.74, 6) is -1.10. The Morgan fingerprint density at radius 3 is 2.67 bits per heavy atom. The first-order valence-corrected chi connectivity index (χ1v) is 7.98. The van der Waals surface area contributed by atoms with Crippen molar-refractivity contribution in [3.05, 3.63) is 33.9 Å². The number of phenols is 1. The molecule has 1 unspecified atom stereocenters. The van der Waals surface area contributed by atoms with Crippen LogP contribution >= 0.6 is 0 Å². The van der Waals surface area contributed by atoms with E-state index in [2.05, 4.69) is 0 Å². The van der Waals surface area contributed by atoms with Crippen LogP contribution in [0.3, 0.4) is 0 Å². The normalized spacial score (nSPS) is 20.1. The molecule has 1 amide bonds. The highest BCUT2D eigenvalue weighted by atomic mass is 32.2. The molecule has 1 fully saturated rings. The predicted octanol–water partition coefficient (Wildman–Crippen LogP) is 0.559. The Morgan fingerprint density at radius 1 is 1.48 bits per heavy atom. The van der Waals surface area contributed by atoms with Crippen molar-refractivity contribution in [1.29, 1.82) is 0 Å². The van der Waals surface area contributed by atoms with Crippen molar-refractivity contribution in [2.45, 2.75) is 12.5 Å². The number of sulfone groups is 1. The van der Waals surface area contributed by atoms with Crippen molar-refractivity contribution in [3.8, 4) is 5.75 Å². The van der Waals surface area contributed by atoms with Gasteiger partial charge in [-0.25, -0.2) is 8.42 Å². The second-order valence-corrected chi connectivity index (χ2v) is 7.16. The number of benzene rings is 1. The van der Waals surface area contributed by atoms with Crippen LogP contribution in [0.2, 0.25) is 0 Å². The zero-order valence-corrected chi connectivity index (χ0v) is 12.0. The second kappa shape index (κ2) is 5.32. The van der Waals surface area contributed by atoms with Crippen molar-refractivity contribution < 1.29 is 23.2 Å². The Morgan fingerprint density at radius 2 is 2.14 bits per heavy atom. The number of amides is 1. The van der Waals surface area contributed by atoms with Crippen LogP contribution in [0.25, 0.3) is 0 Å². The van der Waals surface area contributed by atoms with Gasteiger partial charge in [-0.2, -0.15) is 0 Å². The van der Waals surface area contributed by atoms with Gasteiger partial charge in [0.15, 0.2) is 9.84 Å². The average Bonchev–Trinajstić information content (AvgIpc) is 2.77. The van der Waals surface area contributed by atoms with Gasteiger partial charge >= 0.3 is 0 Å². The van der Waals surface area contributed by atoms with Crippen LogP contribution in [-0.2, 0) is 9.84 Å². The second-order valence-electron chi connectivity index (χ2n) is 4.93. The van der Waals surface area contributed by atoms with Crippen LogP contribution in [0.4, 0.5) is 5.69 Å². The topological polar surface area (TPSA) is 118 Å². The van der Waals surface area contributed by atoms with Crippen LogP contribution < -0.4 is 0 Å². The largest absolute Gasteiger partial charge is 0.508 e. The summed E-state index contributed by atoms with van der Waals surface area (Å²) >= 11 is 0. The highest BCUT2D eigenvalue weighted by molar-refractivity contribution is 7.91. The van der Waals surface area contributed by atoms with Crippen molar-refractivity contribution in [2.24, 2.45) is 0 Å². The smallest absolute Gasteiger partial charge is 0.282 e. The standard InChI is InChI=1S/C12H14N2O6S/c1-13(8-4-5-21(19,20)7-8)12(16)10-6-9(15)2-3-11(10)14(17)18/h2-3,6,8,15H,4-5,7H2,1H3. The van der Waals surface area contributed by atoms with Gasteiger partial charge in [0, 0.05) is 19.2 Å². The van der Waals surface area contributed by atoms with E-state index in [0.29, 0.717) is 6.42 Å². The molecule has 0 aliphatic carbocycles. The SMILES string of the molecule is CN(C(=O)c1cc(O)ccc1[N+](=O)[O-])C1CCS(=O)(=O)C1. The summed E-state index contributed by atoms with van der Waals surface area (Å²) < 4.78 is 22.9. The molecule has 8 nitrogen and oxygen atoms in total. The zero-order chi connectivity index (χ0) is 15.8. The number of aromatic hydroxyl groups is 1. The van der Waals surface area contributed by atoms with Gasteiger partial charge in [0.2, 0.25) is 0 Å². The molecule has 1 atom stereocenters. The van der Waals surface area contributed by atoms with Gasteiger partial charge in [0.1, 0.15) is 11.3 Å². The molecule has 0 radical (unpaired) electrons. The summed E-state index contributed by atoms with van der Waals surface area (Å²) in [5.41, 5.74) is -0.683. The van der Waals surface area contributed by atoms with E-state index in [1.54, 1.807) is 0 Å². The number of nitrogens with zero attached hydrogens (tertiary/aromatic N) is 2. The van der Waals surface area contributed by atoms with E-state index in [0.717, 1.165) is 18.2 Å². The fourth-order valence-corrected chi connectivity index (χ4v) is 4.07. The Kier molecular flexibility index (Phi) is 3.86. The molecule has 1 heterocycles. The fourth-order valence-electron chi connectivity index (χ4n) is 2.29. The maximum absolute atomic E-state index is 12.3.